The Labute approximate surface area is 105 Å². The molecular weight excluding hydrogens is 206 g/mol. The SMILES string of the molecule is CC1NCC/C1=C\C12CC3CC(CC(C3)C1)C2. The summed E-state index contributed by atoms with van der Waals surface area (Å²) in [6.45, 7) is 3.55. The zero-order valence-corrected chi connectivity index (χ0v) is 11.0. The maximum atomic E-state index is 3.58. The maximum Gasteiger partial charge on any atom is 0.0251 e. The monoisotopic (exact) mass is 231 g/mol. The van der Waals surface area contributed by atoms with E-state index in [9.17, 15) is 0 Å². The molecule has 1 N–H and O–H groups in total. The lowest BCUT2D eigenvalue weighted by atomic mass is 9.49. The third kappa shape index (κ3) is 1.69. The van der Waals surface area contributed by atoms with E-state index in [1.54, 1.807) is 24.8 Å². The Bertz CT molecular complexity index is 319. The first-order valence-corrected chi connectivity index (χ1v) is 7.67. The van der Waals surface area contributed by atoms with Crippen LogP contribution in [0.4, 0.5) is 0 Å². The van der Waals surface area contributed by atoms with Crippen molar-refractivity contribution in [3.05, 3.63) is 11.6 Å². The first-order chi connectivity index (χ1) is 8.22. The van der Waals surface area contributed by atoms with Gasteiger partial charge in [-0.05, 0) is 81.6 Å². The second-order valence-electron chi connectivity index (χ2n) is 7.42. The molecule has 5 aliphatic rings. The molecule has 5 rings (SSSR count). The number of hydrogen-bond donors (Lipinski definition) is 1. The lowest BCUT2D eigenvalue weighted by Gasteiger charge is -2.56. The van der Waals surface area contributed by atoms with Crippen LogP contribution < -0.4 is 5.32 Å². The highest BCUT2D eigenvalue weighted by atomic mass is 14.9. The van der Waals surface area contributed by atoms with Crippen LogP contribution in [0.25, 0.3) is 0 Å². The molecule has 1 unspecified atom stereocenters. The van der Waals surface area contributed by atoms with Gasteiger partial charge in [-0.3, -0.25) is 0 Å². The van der Waals surface area contributed by atoms with Gasteiger partial charge < -0.3 is 5.32 Å². The second-order valence-corrected chi connectivity index (χ2v) is 7.42. The summed E-state index contributed by atoms with van der Waals surface area (Å²) in [6.07, 6.45) is 13.3. The van der Waals surface area contributed by atoms with Gasteiger partial charge >= 0.3 is 0 Å². The molecule has 1 aliphatic heterocycles. The normalized spacial score (nSPS) is 54.8. The molecule has 4 saturated carbocycles. The number of allylic oxidation sites excluding steroid dienone is 1. The Kier molecular flexibility index (Phi) is 2.25. The van der Waals surface area contributed by atoms with Gasteiger partial charge in [0.05, 0.1) is 0 Å². The lowest BCUT2D eigenvalue weighted by Crippen LogP contribution is -2.45. The van der Waals surface area contributed by atoms with Crippen molar-refractivity contribution in [3.63, 3.8) is 0 Å². The van der Waals surface area contributed by atoms with Gasteiger partial charge in [-0.25, -0.2) is 0 Å². The molecule has 1 heteroatoms. The minimum atomic E-state index is 0.643. The summed E-state index contributed by atoms with van der Waals surface area (Å²) in [4.78, 5) is 0. The van der Waals surface area contributed by atoms with Crippen molar-refractivity contribution < 1.29 is 0 Å². The Hall–Kier alpha value is -0.300. The van der Waals surface area contributed by atoms with E-state index < -0.39 is 0 Å². The standard InChI is InChI=1S/C16H25N/c1-11-15(2-3-17-11)10-16-7-12-4-13(8-16)6-14(5-12)9-16/h10-14,17H,2-9H2,1H3/b15-10+. The van der Waals surface area contributed by atoms with Gasteiger partial charge in [-0.1, -0.05) is 11.6 Å². The molecule has 0 radical (unpaired) electrons. The maximum absolute atomic E-state index is 3.58. The van der Waals surface area contributed by atoms with Crippen LogP contribution in [0.15, 0.2) is 11.6 Å². The van der Waals surface area contributed by atoms with E-state index in [2.05, 4.69) is 18.3 Å². The molecule has 0 aromatic heterocycles. The van der Waals surface area contributed by atoms with E-state index in [-0.39, 0.29) is 0 Å². The Morgan fingerprint density at radius 2 is 1.65 bits per heavy atom. The topological polar surface area (TPSA) is 12.0 Å². The van der Waals surface area contributed by atoms with Crippen molar-refractivity contribution >= 4 is 0 Å². The zero-order valence-electron chi connectivity index (χ0n) is 11.0. The first-order valence-electron chi connectivity index (χ1n) is 7.67. The Morgan fingerprint density at radius 3 is 2.12 bits per heavy atom. The molecule has 0 aromatic carbocycles. The van der Waals surface area contributed by atoms with Gasteiger partial charge in [0.1, 0.15) is 0 Å². The van der Waals surface area contributed by atoms with Crippen LogP contribution in [-0.2, 0) is 0 Å². The summed E-state index contributed by atoms with van der Waals surface area (Å²) in [5.74, 6) is 3.26. The van der Waals surface area contributed by atoms with Crippen LogP contribution in [0.3, 0.4) is 0 Å². The number of rotatable bonds is 1. The van der Waals surface area contributed by atoms with E-state index in [4.69, 9.17) is 0 Å². The van der Waals surface area contributed by atoms with Gasteiger partial charge in [0.15, 0.2) is 0 Å². The van der Waals surface area contributed by atoms with E-state index in [1.165, 1.54) is 32.2 Å². The minimum Gasteiger partial charge on any atom is -0.310 e. The summed E-state index contributed by atoms with van der Waals surface area (Å²) in [6, 6.07) is 0.656. The summed E-state index contributed by atoms with van der Waals surface area (Å²) in [5.41, 5.74) is 2.37. The summed E-state index contributed by atoms with van der Waals surface area (Å²) < 4.78 is 0. The van der Waals surface area contributed by atoms with Crippen molar-refractivity contribution in [2.24, 2.45) is 23.2 Å². The minimum absolute atomic E-state index is 0.643. The highest BCUT2D eigenvalue weighted by Gasteiger charge is 2.50. The van der Waals surface area contributed by atoms with Crippen molar-refractivity contribution in [2.45, 2.75) is 57.9 Å². The highest BCUT2D eigenvalue weighted by Crippen LogP contribution is 2.61. The third-order valence-corrected chi connectivity index (χ3v) is 6.00. The quantitative estimate of drug-likeness (QED) is 0.681. The number of nitrogens with one attached hydrogen (secondary N) is 1. The molecule has 94 valence electrons. The van der Waals surface area contributed by atoms with Gasteiger partial charge in [-0.2, -0.15) is 0 Å². The van der Waals surface area contributed by atoms with E-state index in [0.29, 0.717) is 11.5 Å². The molecule has 1 nitrogen and oxygen atoms in total. The fraction of sp³-hybridized carbons (Fsp3) is 0.875. The van der Waals surface area contributed by atoms with Crippen molar-refractivity contribution in [3.8, 4) is 0 Å². The van der Waals surface area contributed by atoms with Crippen molar-refractivity contribution in [1.29, 1.82) is 0 Å². The lowest BCUT2D eigenvalue weighted by molar-refractivity contribution is -0.0242. The van der Waals surface area contributed by atoms with Gasteiger partial charge in [0.2, 0.25) is 0 Å². The average molecular weight is 231 g/mol. The Morgan fingerprint density at radius 1 is 1.06 bits per heavy atom. The summed E-state index contributed by atoms with van der Waals surface area (Å²) in [5, 5.41) is 3.58. The van der Waals surface area contributed by atoms with Gasteiger partial charge in [0, 0.05) is 6.04 Å². The molecule has 1 heterocycles. The molecule has 17 heavy (non-hydrogen) atoms. The van der Waals surface area contributed by atoms with Crippen molar-refractivity contribution in [2.75, 3.05) is 6.54 Å². The molecule has 5 fully saturated rings. The average Bonchev–Trinajstić information content (AvgIpc) is 2.61. The third-order valence-electron chi connectivity index (χ3n) is 6.00. The molecule has 1 atom stereocenters. The van der Waals surface area contributed by atoms with Crippen LogP contribution >= 0.6 is 0 Å². The zero-order chi connectivity index (χ0) is 11.5. The highest BCUT2D eigenvalue weighted by molar-refractivity contribution is 5.21. The largest absolute Gasteiger partial charge is 0.310 e. The second kappa shape index (κ2) is 3.60. The summed E-state index contributed by atoms with van der Waals surface area (Å²) in [7, 11) is 0. The summed E-state index contributed by atoms with van der Waals surface area (Å²) >= 11 is 0. The molecule has 4 bridgehead atoms. The van der Waals surface area contributed by atoms with E-state index in [0.717, 1.165) is 17.8 Å². The number of hydrogen-bond acceptors (Lipinski definition) is 1. The molecule has 0 spiro atoms. The van der Waals surface area contributed by atoms with E-state index >= 15 is 0 Å². The van der Waals surface area contributed by atoms with Crippen molar-refractivity contribution in [1.82, 2.24) is 5.32 Å². The van der Waals surface area contributed by atoms with Crippen LogP contribution in [0, 0.1) is 23.2 Å². The fourth-order valence-corrected chi connectivity index (χ4v) is 5.73. The first kappa shape index (κ1) is 10.6. The van der Waals surface area contributed by atoms with Crippen LogP contribution in [0.2, 0.25) is 0 Å². The predicted molar refractivity (Wildman–Crippen MR) is 70.8 cm³/mol. The van der Waals surface area contributed by atoms with Crippen LogP contribution in [0.1, 0.15) is 51.9 Å². The van der Waals surface area contributed by atoms with Crippen LogP contribution in [-0.4, -0.2) is 12.6 Å². The molecule has 4 aliphatic carbocycles. The molecule has 0 amide bonds. The molecule has 0 aromatic rings. The van der Waals surface area contributed by atoms with Gasteiger partial charge in [-0.15, -0.1) is 0 Å². The van der Waals surface area contributed by atoms with Crippen LogP contribution in [0.5, 0.6) is 0 Å². The predicted octanol–water partition coefficient (Wildman–Crippen LogP) is 3.51. The molecule has 1 saturated heterocycles. The fourth-order valence-electron chi connectivity index (χ4n) is 5.73. The van der Waals surface area contributed by atoms with E-state index in [1.807, 2.05) is 0 Å². The van der Waals surface area contributed by atoms with Gasteiger partial charge in [0.25, 0.3) is 0 Å². The Balaban J connectivity index is 1.64. The molecular formula is C16H25N. The smallest absolute Gasteiger partial charge is 0.0251 e.